The van der Waals surface area contributed by atoms with Crippen molar-refractivity contribution in [2.45, 2.75) is 32.3 Å². The van der Waals surface area contributed by atoms with Gasteiger partial charge in [-0.3, -0.25) is 4.79 Å². The van der Waals surface area contributed by atoms with E-state index in [1.165, 1.54) is 0 Å². The normalized spacial score (nSPS) is 18.6. The first kappa shape index (κ1) is 22.3. The van der Waals surface area contributed by atoms with Gasteiger partial charge in [-0.15, -0.1) is 0 Å². The van der Waals surface area contributed by atoms with Crippen LogP contribution in [0.2, 0.25) is 0 Å². The van der Waals surface area contributed by atoms with E-state index in [1.807, 2.05) is 81.6 Å². The summed E-state index contributed by atoms with van der Waals surface area (Å²) in [6.45, 7) is 4.04. The predicted octanol–water partition coefficient (Wildman–Crippen LogP) is 2.36. The molecule has 1 aliphatic rings. The number of aliphatic hydroxyl groups is 1. The molecule has 0 aliphatic carbocycles. The highest BCUT2D eigenvalue weighted by Crippen LogP contribution is 2.35. The Bertz CT molecular complexity index is 742. The number of ether oxygens (including phenoxy) is 2. The van der Waals surface area contributed by atoms with Gasteiger partial charge >= 0.3 is 6.03 Å². The van der Waals surface area contributed by atoms with Crippen LogP contribution in [-0.2, 0) is 16.1 Å². The molecule has 1 saturated heterocycles. The summed E-state index contributed by atoms with van der Waals surface area (Å²) in [4.78, 5) is 24.1. The maximum Gasteiger partial charge on any atom is 0.316 e. The van der Waals surface area contributed by atoms with Crippen molar-refractivity contribution < 1.29 is 24.2 Å². The highest BCUT2D eigenvalue weighted by molar-refractivity contribution is 14.1. The number of carbonyl (C=O) groups is 2. The van der Waals surface area contributed by atoms with Crippen LogP contribution in [0.25, 0.3) is 0 Å². The number of rotatable bonds is 5. The van der Waals surface area contributed by atoms with Gasteiger partial charge in [0.15, 0.2) is 5.79 Å². The lowest BCUT2D eigenvalue weighted by Gasteiger charge is -2.19. The SMILES string of the molecule is CC1(C)OCC(CNC(=O)c2c(I)c(CO)c(I)c(NC(N)=O)c2I)O1. The first-order valence-electron chi connectivity index (χ1n) is 7.54. The van der Waals surface area contributed by atoms with Gasteiger partial charge in [0.25, 0.3) is 5.91 Å². The number of primary amides is 1. The lowest BCUT2D eigenvalue weighted by atomic mass is 10.1. The third kappa shape index (κ3) is 5.09. The fourth-order valence-electron chi connectivity index (χ4n) is 2.45. The van der Waals surface area contributed by atoms with Gasteiger partial charge in [0, 0.05) is 19.2 Å². The molecule has 1 unspecified atom stereocenters. The van der Waals surface area contributed by atoms with Crippen LogP contribution in [0.4, 0.5) is 10.5 Å². The van der Waals surface area contributed by atoms with Crippen molar-refractivity contribution in [3.63, 3.8) is 0 Å². The molecule has 1 atom stereocenters. The molecule has 144 valence electrons. The predicted molar refractivity (Wildman–Crippen MR) is 121 cm³/mol. The van der Waals surface area contributed by atoms with Gasteiger partial charge in [-0.25, -0.2) is 4.79 Å². The fourth-order valence-corrected chi connectivity index (χ4v) is 6.71. The molecule has 0 saturated carbocycles. The van der Waals surface area contributed by atoms with Crippen LogP contribution < -0.4 is 16.4 Å². The molecule has 1 aliphatic heterocycles. The summed E-state index contributed by atoms with van der Waals surface area (Å²) < 4.78 is 13.0. The minimum atomic E-state index is -0.740. The minimum Gasteiger partial charge on any atom is -0.392 e. The molecule has 3 amide bonds. The molecule has 1 aromatic rings. The summed E-state index contributed by atoms with van der Waals surface area (Å²) in [5.41, 5.74) is 6.57. The summed E-state index contributed by atoms with van der Waals surface area (Å²) in [5, 5.41) is 15.1. The second kappa shape index (κ2) is 9.02. The van der Waals surface area contributed by atoms with Crippen molar-refractivity contribution in [1.29, 1.82) is 0 Å². The van der Waals surface area contributed by atoms with Gasteiger partial charge in [-0.05, 0) is 81.6 Å². The van der Waals surface area contributed by atoms with E-state index < -0.39 is 11.8 Å². The number of benzene rings is 1. The molecular formula is C15H18I3N3O5. The molecule has 26 heavy (non-hydrogen) atoms. The van der Waals surface area contributed by atoms with Crippen molar-refractivity contribution in [1.82, 2.24) is 5.32 Å². The number of amides is 3. The summed E-state index contributed by atoms with van der Waals surface area (Å²) >= 11 is 6.02. The number of hydrogen-bond acceptors (Lipinski definition) is 5. The largest absolute Gasteiger partial charge is 0.392 e. The highest BCUT2D eigenvalue weighted by Gasteiger charge is 2.33. The van der Waals surface area contributed by atoms with Crippen molar-refractivity contribution >= 4 is 85.4 Å². The quantitative estimate of drug-likeness (QED) is 0.352. The van der Waals surface area contributed by atoms with Crippen LogP contribution in [0, 0.1) is 10.7 Å². The summed E-state index contributed by atoms with van der Waals surface area (Å²) in [6.07, 6.45) is -0.242. The van der Waals surface area contributed by atoms with Crippen LogP contribution in [0.15, 0.2) is 0 Å². The lowest BCUT2D eigenvalue weighted by molar-refractivity contribution is -0.137. The highest BCUT2D eigenvalue weighted by atomic mass is 127. The topological polar surface area (TPSA) is 123 Å². The van der Waals surface area contributed by atoms with E-state index >= 15 is 0 Å². The maximum absolute atomic E-state index is 12.8. The number of halogens is 3. The third-order valence-electron chi connectivity index (χ3n) is 3.60. The lowest BCUT2D eigenvalue weighted by Crippen LogP contribution is -2.35. The van der Waals surface area contributed by atoms with Crippen molar-refractivity contribution in [2.75, 3.05) is 18.5 Å². The van der Waals surface area contributed by atoms with E-state index in [9.17, 15) is 14.7 Å². The molecule has 0 bridgehead atoms. The van der Waals surface area contributed by atoms with E-state index in [0.29, 0.717) is 34.1 Å². The van der Waals surface area contributed by atoms with Crippen LogP contribution in [0.3, 0.4) is 0 Å². The van der Waals surface area contributed by atoms with Gasteiger partial charge in [0.1, 0.15) is 6.10 Å². The number of carbonyl (C=O) groups excluding carboxylic acids is 2. The first-order valence-corrected chi connectivity index (χ1v) is 10.8. The molecule has 2 rings (SSSR count). The zero-order chi connectivity index (χ0) is 19.6. The molecule has 1 aromatic carbocycles. The first-order chi connectivity index (χ1) is 12.1. The smallest absolute Gasteiger partial charge is 0.316 e. The van der Waals surface area contributed by atoms with Crippen LogP contribution in [0.1, 0.15) is 29.8 Å². The zero-order valence-corrected chi connectivity index (χ0v) is 20.5. The molecule has 0 radical (unpaired) electrons. The second-order valence-electron chi connectivity index (χ2n) is 5.98. The Morgan fingerprint density at radius 1 is 1.27 bits per heavy atom. The zero-order valence-electron chi connectivity index (χ0n) is 14.0. The Labute approximate surface area is 191 Å². The van der Waals surface area contributed by atoms with E-state index in [1.54, 1.807) is 0 Å². The van der Waals surface area contributed by atoms with E-state index in [-0.39, 0.29) is 25.2 Å². The standard InChI is InChI=1S/C15H18I3N3O5/c1-15(2)25-5-6(26-15)3-20-13(23)8-9(16)7(4-22)10(17)12(11(8)18)21-14(19)24/h6,22H,3-5H2,1-2H3,(H,20,23)(H3,19,21,24). The molecule has 0 spiro atoms. The minimum absolute atomic E-state index is 0.242. The third-order valence-corrected chi connectivity index (χ3v) is 7.06. The number of nitrogens with one attached hydrogen (secondary N) is 2. The number of hydrogen-bond donors (Lipinski definition) is 4. The van der Waals surface area contributed by atoms with E-state index in [2.05, 4.69) is 10.6 Å². The summed E-state index contributed by atoms with van der Waals surface area (Å²) in [6, 6.07) is -0.740. The second-order valence-corrected chi connectivity index (χ2v) is 9.21. The van der Waals surface area contributed by atoms with E-state index in [4.69, 9.17) is 15.2 Å². The fraction of sp³-hybridized carbons (Fsp3) is 0.467. The molecule has 8 nitrogen and oxygen atoms in total. The van der Waals surface area contributed by atoms with Gasteiger partial charge in [0.05, 0.1) is 28.0 Å². The van der Waals surface area contributed by atoms with Crippen molar-refractivity contribution in [2.24, 2.45) is 5.73 Å². The van der Waals surface area contributed by atoms with Crippen molar-refractivity contribution in [3.05, 3.63) is 21.8 Å². The Morgan fingerprint density at radius 3 is 2.42 bits per heavy atom. The number of urea groups is 1. The monoisotopic (exact) mass is 701 g/mol. The molecule has 1 fully saturated rings. The Morgan fingerprint density at radius 2 is 1.92 bits per heavy atom. The van der Waals surface area contributed by atoms with Crippen LogP contribution in [-0.4, -0.2) is 42.1 Å². The molecule has 11 heteroatoms. The van der Waals surface area contributed by atoms with Gasteiger partial charge in [-0.1, -0.05) is 0 Å². The average Bonchev–Trinajstić information content (AvgIpc) is 2.89. The van der Waals surface area contributed by atoms with Crippen LogP contribution in [0.5, 0.6) is 0 Å². The number of nitrogens with two attached hydrogens (primary N) is 1. The van der Waals surface area contributed by atoms with Gasteiger partial charge in [-0.2, -0.15) is 0 Å². The number of aliphatic hydroxyl groups excluding tert-OH is 1. The van der Waals surface area contributed by atoms with Gasteiger partial charge < -0.3 is 30.9 Å². The van der Waals surface area contributed by atoms with E-state index in [0.717, 1.165) is 0 Å². The maximum atomic E-state index is 12.8. The summed E-state index contributed by atoms with van der Waals surface area (Å²) in [7, 11) is 0. The number of anilines is 1. The molecule has 5 N–H and O–H groups in total. The van der Waals surface area contributed by atoms with Crippen LogP contribution >= 0.6 is 67.8 Å². The van der Waals surface area contributed by atoms with Crippen molar-refractivity contribution in [3.8, 4) is 0 Å². The molecular weight excluding hydrogens is 683 g/mol. The molecule has 1 heterocycles. The Balaban J connectivity index is 2.29. The summed E-state index contributed by atoms with van der Waals surface area (Å²) in [5.74, 6) is -0.991. The Hall–Kier alpha value is 0.0300. The Kier molecular flexibility index (Phi) is 7.74. The average molecular weight is 701 g/mol. The molecule has 0 aromatic heterocycles. The van der Waals surface area contributed by atoms with Gasteiger partial charge in [0.2, 0.25) is 0 Å².